The van der Waals surface area contributed by atoms with Gasteiger partial charge in [0.1, 0.15) is 11.6 Å². The fourth-order valence-electron chi connectivity index (χ4n) is 3.47. The van der Waals surface area contributed by atoms with Crippen molar-refractivity contribution in [1.29, 1.82) is 0 Å². The second kappa shape index (κ2) is 5.52. The molecular weight excluding hydrogens is 344 g/mol. The van der Waals surface area contributed by atoms with Gasteiger partial charge in [-0.15, -0.1) is 11.8 Å². The molecule has 2 amide bonds. The first-order valence-corrected chi connectivity index (χ1v) is 8.90. The Morgan fingerprint density at radius 3 is 2.96 bits per heavy atom. The lowest BCUT2D eigenvalue weighted by atomic mass is 10.2. The maximum Gasteiger partial charge on any atom is 0.371 e. The van der Waals surface area contributed by atoms with Gasteiger partial charge in [0.2, 0.25) is 17.6 Å². The predicted octanol–water partition coefficient (Wildman–Crippen LogP) is 2.52. The van der Waals surface area contributed by atoms with Crippen LogP contribution in [0.5, 0.6) is 0 Å². The van der Waals surface area contributed by atoms with Gasteiger partial charge in [-0.3, -0.25) is 9.59 Å². The molecule has 1 aromatic heterocycles. The van der Waals surface area contributed by atoms with E-state index in [9.17, 15) is 14.4 Å². The van der Waals surface area contributed by atoms with Crippen LogP contribution in [-0.2, 0) is 9.59 Å². The Morgan fingerprint density at radius 2 is 2.20 bits per heavy atom. The van der Waals surface area contributed by atoms with Crippen LogP contribution in [0.3, 0.4) is 0 Å². The van der Waals surface area contributed by atoms with Gasteiger partial charge in [0, 0.05) is 23.2 Å². The number of amides is 2. The highest BCUT2D eigenvalue weighted by molar-refractivity contribution is 8.01. The monoisotopic (exact) mass is 360 g/mol. The number of carbonyl (C=O) groups excluding carboxylic acids is 2. The Hall–Kier alpha value is -2.48. The van der Waals surface area contributed by atoms with Crippen molar-refractivity contribution in [2.24, 2.45) is 0 Å². The molecular formula is C17H16N2O5S. The van der Waals surface area contributed by atoms with E-state index in [2.05, 4.69) is 5.32 Å². The normalized spacial score (nSPS) is 25.4. The van der Waals surface area contributed by atoms with Crippen LogP contribution in [0.2, 0.25) is 0 Å². The number of anilines is 1. The molecule has 0 spiro atoms. The second-order valence-electron chi connectivity index (χ2n) is 6.42. The highest BCUT2D eigenvalue weighted by Gasteiger charge is 2.52. The van der Waals surface area contributed by atoms with E-state index in [0.29, 0.717) is 28.8 Å². The minimum absolute atomic E-state index is 0.0176. The zero-order valence-corrected chi connectivity index (χ0v) is 14.3. The summed E-state index contributed by atoms with van der Waals surface area (Å²) in [6, 6.07) is 5.87. The van der Waals surface area contributed by atoms with E-state index in [4.69, 9.17) is 9.52 Å². The van der Waals surface area contributed by atoms with Crippen LogP contribution in [0.25, 0.3) is 11.0 Å². The van der Waals surface area contributed by atoms with Gasteiger partial charge >= 0.3 is 5.97 Å². The number of fused-ring (bicyclic) bond motifs is 2. The summed E-state index contributed by atoms with van der Waals surface area (Å²) in [6.07, 6.45) is 1.24. The van der Waals surface area contributed by atoms with Gasteiger partial charge in [-0.05, 0) is 37.6 Å². The number of aromatic carboxylic acids is 1. The third kappa shape index (κ3) is 2.57. The summed E-state index contributed by atoms with van der Waals surface area (Å²) in [5.74, 6) is -0.928. The summed E-state index contributed by atoms with van der Waals surface area (Å²) in [6.45, 7) is 2.00. The Kier molecular flexibility index (Phi) is 3.54. The topological polar surface area (TPSA) is 99.9 Å². The van der Waals surface area contributed by atoms with E-state index in [0.717, 1.165) is 6.42 Å². The molecule has 2 aliphatic heterocycles. The van der Waals surface area contributed by atoms with Crippen LogP contribution in [0, 0.1) is 0 Å². The Labute approximate surface area is 147 Å². The van der Waals surface area contributed by atoms with E-state index in [-0.39, 0.29) is 22.4 Å². The average molecular weight is 360 g/mol. The molecule has 3 heterocycles. The maximum atomic E-state index is 12.7. The van der Waals surface area contributed by atoms with Gasteiger partial charge in [0.25, 0.3) is 0 Å². The average Bonchev–Trinajstić information content (AvgIpc) is 3.21. The first-order chi connectivity index (χ1) is 11.9. The third-order valence-corrected chi connectivity index (χ3v) is 6.25. The van der Waals surface area contributed by atoms with E-state index in [1.807, 2.05) is 6.92 Å². The lowest BCUT2D eigenvalue weighted by Gasteiger charge is -2.29. The van der Waals surface area contributed by atoms with Crippen molar-refractivity contribution < 1.29 is 23.9 Å². The second-order valence-corrected chi connectivity index (χ2v) is 7.92. The molecule has 0 radical (unpaired) electrons. The highest BCUT2D eigenvalue weighted by atomic mass is 32.2. The Morgan fingerprint density at radius 1 is 1.40 bits per heavy atom. The van der Waals surface area contributed by atoms with E-state index >= 15 is 0 Å². The zero-order valence-electron chi connectivity index (χ0n) is 13.4. The van der Waals surface area contributed by atoms with Crippen molar-refractivity contribution in [3.05, 3.63) is 30.0 Å². The van der Waals surface area contributed by atoms with Crippen molar-refractivity contribution in [2.45, 2.75) is 30.7 Å². The third-order valence-electron chi connectivity index (χ3n) is 4.74. The maximum absolute atomic E-state index is 12.7. The highest BCUT2D eigenvalue weighted by Crippen LogP contribution is 2.47. The summed E-state index contributed by atoms with van der Waals surface area (Å²) < 4.78 is 5.20. The quantitative estimate of drug-likeness (QED) is 0.872. The SMILES string of the molecule is CC12CCC(=O)N1C(C(=O)Nc1ccc3oc(C(=O)O)cc3c1)CS2. The minimum atomic E-state index is -1.14. The number of furan rings is 1. The molecule has 0 bridgehead atoms. The molecule has 2 atom stereocenters. The number of nitrogens with one attached hydrogen (secondary N) is 1. The van der Waals surface area contributed by atoms with Gasteiger partial charge in [-0.2, -0.15) is 0 Å². The standard InChI is InChI=1S/C17H16N2O5S/c1-17-5-4-14(20)19(17)11(8-25-17)15(21)18-10-2-3-12-9(6-10)7-13(24-12)16(22)23/h2-3,6-7,11H,4-5,8H2,1H3,(H,18,21)(H,22,23). The van der Waals surface area contributed by atoms with Crippen molar-refractivity contribution >= 4 is 46.2 Å². The lowest BCUT2D eigenvalue weighted by molar-refractivity contribution is -0.135. The molecule has 2 unspecified atom stereocenters. The molecule has 2 N–H and O–H groups in total. The van der Waals surface area contributed by atoms with Gasteiger partial charge < -0.3 is 19.7 Å². The molecule has 0 aliphatic carbocycles. The number of carbonyl (C=O) groups is 3. The van der Waals surface area contributed by atoms with Crippen LogP contribution < -0.4 is 5.32 Å². The minimum Gasteiger partial charge on any atom is -0.475 e. The summed E-state index contributed by atoms with van der Waals surface area (Å²) in [4.78, 5) is 37.2. The molecule has 2 saturated heterocycles. The predicted molar refractivity (Wildman–Crippen MR) is 92.5 cm³/mol. The van der Waals surface area contributed by atoms with Crippen molar-refractivity contribution in [1.82, 2.24) is 4.90 Å². The van der Waals surface area contributed by atoms with Gasteiger partial charge in [0.05, 0.1) is 4.87 Å². The smallest absolute Gasteiger partial charge is 0.371 e. The first kappa shape index (κ1) is 16.0. The van der Waals surface area contributed by atoms with Crippen LogP contribution in [0.15, 0.2) is 28.7 Å². The fourth-order valence-corrected chi connectivity index (χ4v) is 4.90. The van der Waals surface area contributed by atoms with E-state index in [1.54, 1.807) is 34.9 Å². The molecule has 1 aromatic carbocycles. The number of nitrogens with zero attached hydrogens (tertiary/aromatic N) is 1. The Balaban J connectivity index is 1.55. The zero-order chi connectivity index (χ0) is 17.8. The summed E-state index contributed by atoms with van der Waals surface area (Å²) in [5.41, 5.74) is 0.981. The van der Waals surface area contributed by atoms with Crippen LogP contribution in [-0.4, -0.2) is 44.5 Å². The molecule has 2 aliphatic rings. The molecule has 4 rings (SSSR count). The van der Waals surface area contributed by atoms with E-state index < -0.39 is 12.0 Å². The molecule has 8 heteroatoms. The van der Waals surface area contributed by atoms with Crippen molar-refractivity contribution in [2.75, 3.05) is 11.1 Å². The van der Waals surface area contributed by atoms with Crippen LogP contribution >= 0.6 is 11.8 Å². The number of hydrogen-bond acceptors (Lipinski definition) is 5. The molecule has 0 saturated carbocycles. The number of carboxylic acids is 1. The molecule has 25 heavy (non-hydrogen) atoms. The van der Waals surface area contributed by atoms with Crippen LogP contribution in [0.1, 0.15) is 30.3 Å². The summed E-state index contributed by atoms with van der Waals surface area (Å²) in [7, 11) is 0. The number of benzene rings is 1. The summed E-state index contributed by atoms with van der Waals surface area (Å²) in [5, 5.41) is 12.4. The lowest BCUT2D eigenvalue weighted by Crippen LogP contribution is -2.48. The largest absolute Gasteiger partial charge is 0.475 e. The number of rotatable bonds is 3. The van der Waals surface area contributed by atoms with Gasteiger partial charge in [0.15, 0.2) is 0 Å². The molecule has 2 fully saturated rings. The van der Waals surface area contributed by atoms with Crippen molar-refractivity contribution in [3.8, 4) is 0 Å². The molecule has 7 nitrogen and oxygen atoms in total. The van der Waals surface area contributed by atoms with E-state index in [1.165, 1.54) is 6.07 Å². The molecule has 130 valence electrons. The fraction of sp³-hybridized carbons (Fsp3) is 0.353. The number of thioether (sulfide) groups is 1. The first-order valence-electron chi connectivity index (χ1n) is 7.91. The Bertz CT molecular complexity index is 908. The number of carboxylic acid groups (broad SMARTS) is 1. The van der Waals surface area contributed by atoms with Gasteiger partial charge in [-0.1, -0.05) is 0 Å². The van der Waals surface area contributed by atoms with Crippen molar-refractivity contribution in [3.63, 3.8) is 0 Å². The molecule has 2 aromatic rings. The summed E-state index contributed by atoms with van der Waals surface area (Å²) >= 11 is 1.64. The number of hydrogen-bond donors (Lipinski definition) is 2. The van der Waals surface area contributed by atoms with Gasteiger partial charge in [-0.25, -0.2) is 4.79 Å². The van der Waals surface area contributed by atoms with Crippen LogP contribution in [0.4, 0.5) is 5.69 Å².